The highest BCUT2D eigenvalue weighted by atomic mass is 79.9. The minimum atomic E-state index is -0.161. The Kier molecular flexibility index (Phi) is 6.18. The van der Waals surface area contributed by atoms with E-state index in [9.17, 15) is 4.79 Å². The predicted octanol–water partition coefficient (Wildman–Crippen LogP) is 3.82. The van der Waals surface area contributed by atoms with Crippen LogP contribution in [0.25, 0.3) is 0 Å². The molecule has 0 aliphatic carbocycles. The van der Waals surface area contributed by atoms with Crippen LogP contribution in [0, 0.1) is 0 Å². The molecule has 2 heterocycles. The van der Waals surface area contributed by atoms with Crippen molar-refractivity contribution in [3.63, 3.8) is 0 Å². The summed E-state index contributed by atoms with van der Waals surface area (Å²) in [5, 5.41) is 9.13. The normalized spacial score (nSPS) is 10.8. The second-order valence-corrected chi connectivity index (χ2v) is 7.24. The number of benzene rings is 1. The van der Waals surface area contributed by atoms with Crippen molar-refractivity contribution in [3.05, 3.63) is 63.6 Å². The van der Waals surface area contributed by atoms with Crippen molar-refractivity contribution < 1.29 is 9.53 Å². The van der Waals surface area contributed by atoms with Crippen LogP contribution in [0.1, 0.15) is 23.0 Å². The Labute approximate surface area is 170 Å². The van der Waals surface area contributed by atoms with Crippen LogP contribution in [0.3, 0.4) is 0 Å². The molecule has 0 aliphatic heterocycles. The summed E-state index contributed by atoms with van der Waals surface area (Å²) in [5.74, 6) is 0.485. The Hall–Kier alpha value is -2.32. The fraction of sp³-hybridized carbons (Fsp3) is 0.278. The summed E-state index contributed by atoms with van der Waals surface area (Å²) < 4.78 is 9.85. The highest BCUT2D eigenvalue weighted by Crippen LogP contribution is 2.28. The molecule has 0 N–H and O–H groups in total. The molecule has 142 valence electrons. The van der Waals surface area contributed by atoms with E-state index >= 15 is 0 Å². The zero-order chi connectivity index (χ0) is 19.4. The Morgan fingerprint density at radius 3 is 2.85 bits per heavy atom. The van der Waals surface area contributed by atoms with Crippen molar-refractivity contribution >= 4 is 33.4 Å². The molecule has 0 atom stereocenters. The summed E-state index contributed by atoms with van der Waals surface area (Å²) >= 11 is 9.32. The molecule has 0 aliphatic rings. The molecule has 2 aromatic heterocycles. The number of carbonyl (C=O) groups excluding carboxylic acids is 1. The molecule has 0 radical (unpaired) electrons. The van der Waals surface area contributed by atoms with Gasteiger partial charge in [0.05, 0.1) is 10.7 Å². The van der Waals surface area contributed by atoms with Gasteiger partial charge in [-0.2, -0.15) is 10.2 Å². The monoisotopic (exact) mass is 451 g/mol. The number of halogens is 2. The minimum absolute atomic E-state index is 0.161. The molecule has 0 unspecified atom stereocenters. The van der Waals surface area contributed by atoms with Crippen LogP contribution in [0.4, 0.5) is 0 Å². The number of carbonyl (C=O) groups is 1. The van der Waals surface area contributed by atoms with E-state index in [2.05, 4.69) is 26.1 Å². The Morgan fingerprint density at radius 1 is 1.33 bits per heavy atom. The zero-order valence-electron chi connectivity index (χ0n) is 15.0. The molecule has 0 fully saturated rings. The number of hydrogen-bond acceptors (Lipinski definition) is 4. The molecule has 0 spiro atoms. The van der Waals surface area contributed by atoms with Gasteiger partial charge in [0.2, 0.25) is 0 Å². The van der Waals surface area contributed by atoms with Crippen LogP contribution in [0.15, 0.2) is 47.3 Å². The van der Waals surface area contributed by atoms with Gasteiger partial charge in [-0.3, -0.25) is 9.48 Å². The van der Waals surface area contributed by atoms with E-state index in [0.29, 0.717) is 23.0 Å². The molecule has 3 aromatic rings. The van der Waals surface area contributed by atoms with Crippen LogP contribution in [-0.4, -0.2) is 37.4 Å². The molecule has 7 nitrogen and oxygen atoms in total. The van der Waals surface area contributed by atoms with E-state index in [1.165, 1.54) is 0 Å². The molecule has 27 heavy (non-hydrogen) atoms. The highest BCUT2D eigenvalue weighted by molar-refractivity contribution is 9.10. The SMILES string of the molecule is CCn1cc(CN(C)C(=O)c2ccn(COc3ccc(Cl)cc3Br)n2)cn1. The summed E-state index contributed by atoms with van der Waals surface area (Å²) in [6, 6.07) is 6.95. The van der Waals surface area contributed by atoms with E-state index in [1.807, 2.05) is 17.8 Å². The first-order valence-electron chi connectivity index (χ1n) is 8.34. The zero-order valence-corrected chi connectivity index (χ0v) is 17.3. The molecule has 1 aromatic carbocycles. The van der Waals surface area contributed by atoms with Crippen molar-refractivity contribution in [2.45, 2.75) is 26.7 Å². The molecular formula is C18H19BrClN5O2. The number of hydrogen-bond donors (Lipinski definition) is 0. The van der Waals surface area contributed by atoms with Gasteiger partial charge in [0, 0.05) is 43.1 Å². The van der Waals surface area contributed by atoms with E-state index < -0.39 is 0 Å². The summed E-state index contributed by atoms with van der Waals surface area (Å²) in [6.07, 6.45) is 5.41. The molecular weight excluding hydrogens is 434 g/mol. The summed E-state index contributed by atoms with van der Waals surface area (Å²) in [6.45, 7) is 3.47. The smallest absolute Gasteiger partial charge is 0.274 e. The van der Waals surface area contributed by atoms with Gasteiger partial charge in [-0.15, -0.1) is 0 Å². The van der Waals surface area contributed by atoms with E-state index in [-0.39, 0.29) is 12.6 Å². The fourth-order valence-electron chi connectivity index (χ4n) is 2.48. The van der Waals surface area contributed by atoms with Crippen LogP contribution >= 0.6 is 27.5 Å². The molecule has 0 saturated heterocycles. The molecule has 1 amide bonds. The largest absolute Gasteiger partial charge is 0.470 e. The average molecular weight is 453 g/mol. The third kappa shape index (κ3) is 4.90. The van der Waals surface area contributed by atoms with Crippen molar-refractivity contribution in [2.75, 3.05) is 7.05 Å². The third-order valence-electron chi connectivity index (χ3n) is 3.88. The van der Waals surface area contributed by atoms with Gasteiger partial charge in [0.25, 0.3) is 5.91 Å². The third-order valence-corrected chi connectivity index (χ3v) is 4.74. The van der Waals surface area contributed by atoms with Gasteiger partial charge in [0.15, 0.2) is 12.4 Å². The van der Waals surface area contributed by atoms with Gasteiger partial charge >= 0.3 is 0 Å². The molecule has 9 heteroatoms. The van der Waals surface area contributed by atoms with Crippen LogP contribution < -0.4 is 4.74 Å². The van der Waals surface area contributed by atoms with Crippen molar-refractivity contribution in [2.24, 2.45) is 0 Å². The van der Waals surface area contributed by atoms with Crippen LogP contribution in [0.5, 0.6) is 5.75 Å². The number of ether oxygens (including phenoxy) is 1. The lowest BCUT2D eigenvalue weighted by Crippen LogP contribution is -2.26. The fourth-order valence-corrected chi connectivity index (χ4v) is 3.27. The maximum Gasteiger partial charge on any atom is 0.274 e. The Morgan fingerprint density at radius 2 is 2.15 bits per heavy atom. The van der Waals surface area contributed by atoms with Crippen molar-refractivity contribution in [3.8, 4) is 5.75 Å². The topological polar surface area (TPSA) is 65.2 Å². The number of aromatic nitrogens is 4. The highest BCUT2D eigenvalue weighted by Gasteiger charge is 2.16. The maximum atomic E-state index is 12.6. The predicted molar refractivity (Wildman–Crippen MR) is 106 cm³/mol. The minimum Gasteiger partial charge on any atom is -0.470 e. The standard InChI is InChI=1S/C18H19BrClN5O2/c1-3-24-11-13(9-21-24)10-23(2)18(26)16-6-7-25(22-16)12-27-17-5-4-14(20)8-15(17)19/h4-9,11H,3,10,12H2,1-2H3. The second kappa shape index (κ2) is 8.58. The number of aryl methyl sites for hydroxylation is 1. The molecule has 0 saturated carbocycles. The lowest BCUT2D eigenvalue weighted by atomic mass is 10.3. The van der Waals surface area contributed by atoms with Gasteiger partial charge in [-0.25, -0.2) is 4.68 Å². The quantitative estimate of drug-likeness (QED) is 0.546. The number of amides is 1. The van der Waals surface area contributed by atoms with Gasteiger partial charge in [0.1, 0.15) is 5.75 Å². The van der Waals surface area contributed by atoms with E-state index in [0.717, 1.165) is 16.6 Å². The van der Waals surface area contributed by atoms with Crippen LogP contribution in [0.2, 0.25) is 5.02 Å². The summed E-state index contributed by atoms with van der Waals surface area (Å²) in [4.78, 5) is 14.2. The van der Waals surface area contributed by atoms with E-state index in [1.54, 1.807) is 53.3 Å². The first-order chi connectivity index (χ1) is 13.0. The van der Waals surface area contributed by atoms with Gasteiger partial charge < -0.3 is 9.64 Å². The van der Waals surface area contributed by atoms with Gasteiger partial charge in [-0.05, 0) is 47.1 Å². The lowest BCUT2D eigenvalue weighted by molar-refractivity contribution is 0.0777. The summed E-state index contributed by atoms with van der Waals surface area (Å²) in [7, 11) is 1.74. The van der Waals surface area contributed by atoms with E-state index in [4.69, 9.17) is 16.3 Å². The van der Waals surface area contributed by atoms with Crippen molar-refractivity contribution in [1.82, 2.24) is 24.5 Å². The summed E-state index contributed by atoms with van der Waals surface area (Å²) in [5.41, 5.74) is 1.34. The second-order valence-electron chi connectivity index (χ2n) is 5.95. The Bertz CT molecular complexity index is 939. The number of rotatable bonds is 7. The Balaban J connectivity index is 1.59. The molecule has 0 bridgehead atoms. The number of nitrogens with zero attached hydrogens (tertiary/aromatic N) is 5. The first-order valence-corrected chi connectivity index (χ1v) is 9.51. The first kappa shape index (κ1) is 19.4. The van der Waals surface area contributed by atoms with Gasteiger partial charge in [-0.1, -0.05) is 11.6 Å². The van der Waals surface area contributed by atoms with Crippen molar-refractivity contribution in [1.29, 1.82) is 0 Å². The average Bonchev–Trinajstić information content (AvgIpc) is 3.29. The lowest BCUT2D eigenvalue weighted by Gasteiger charge is -2.14. The molecule has 3 rings (SSSR count). The maximum absolute atomic E-state index is 12.6. The van der Waals surface area contributed by atoms with Crippen LogP contribution in [-0.2, 0) is 19.8 Å².